The monoisotopic (exact) mass is 123 g/mol. The highest BCUT2D eigenvalue weighted by Crippen LogP contribution is 1.97. The summed E-state index contributed by atoms with van der Waals surface area (Å²) >= 11 is 0. The van der Waals surface area contributed by atoms with Crippen LogP contribution in [0.3, 0.4) is 0 Å². The fourth-order valence-corrected chi connectivity index (χ4v) is 0.482. The lowest BCUT2D eigenvalue weighted by Gasteiger charge is -1.76. The molecule has 0 aliphatic carbocycles. The molecule has 0 fully saturated rings. The molecule has 1 heterocycles. The predicted octanol–water partition coefficient (Wildman–Crippen LogP) is 1.12. The Labute approximate surface area is 53.4 Å². The minimum Gasteiger partial charge on any atom is -0.339 e. The van der Waals surface area contributed by atoms with Gasteiger partial charge < -0.3 is 4.52 Å². The van der Waals surface area contributed by atoms with Crippen LogP contribution < -0.4 is 0 Å². The predicted molar refractivity (Wildman–Crippen MR) is 32.6 cm³/mol. The first-order chi connectivity index (χ1) is 4.33. The normalized spacial score (nSPS) is 9.44. The van der Waals surface area contributed by atoms with Crippen molar-refractivity contribution in [3.63, 3.8) is 0 Å². The largest absolute Gasteiger partial charge is 0.339 e. The van der Waals surface area contributed by atoms with Gasteiger partial charge in [0.25, 0.3) is 0 Å². The van der Waals surface area contributed by atoms with E-state index in [1.807, 2.05) is 0 Å². The molecule has 1 aromatic heterocycles. The van der Waals surface area contributed by atoms with Gasteiger partial charge in [0, 0.05) is 0 Å². The Hall–Kier alpha value is -1.12. The van der Waals surface area contributed by atoms with Gasteiger partial charge in [-0.05, 0) is 6.92 Å². The van der Waals surface area contributed by atoms with Gasteiger partial charge >= 0.3 is 0 Å². The summed E-state index contributed by atoms with van der Waals surface area (Å²) in [5.41, 5.74) is 0. The summed E-state index contributed by atoms with van der Waals surface area (Å²) in [6, 6.07) is 0. The summed E-state index contributed by atoms with van der Waals surface area (Å²) in [6.07, 6.45) is 3.26. The third-order valence-electron chi connectivity index (χ3n) is 0.804. The number of aryl methyl sites for hydroxylation is 1. The highest BCUT2D eigenvalue weighted by Gasteiger charge is 1.97. The zero-order valence-electron chi connectivity index (χ0n) is 5.16. The summed E-state index contributed by atoms with van der Waals surface area (Å²) < 4.78 is 4.72. The van der Waals surface area contributed by atoms with Crippen LogP contribution in [0.5, 0.6) is 0 Å². The third-order valence-corrected chi connectivity index (χ3v) is 0.804. The molecule has 0 unspecified atom stereocenters. The fourth-order valence-electron chi connectivity index (χ4n) is 0.482. The van der Waals surface area contributed by atoms with E-state index in [9.17, 15) is 0 Å². The lowest BCUT2D eigenvalue weighted by Crippen LogP contribution is -1.75. The molecule has 3 nitrogen and oxygen atoms in total. The van der Waals surface area contributed by atoms with E-state index in [0.717, 1.165) is 0 Å². The van der Waals surface area contributed by atoms with E-state index in [1.165, 1.54) is 0 Å². The smallest absolute Gasteiger partial charge is 0.234 e. The lowest BCUT2D eigenvalue weighted by atomic mass is 10.4. The van der Waals surface area contributed by atoms with E-state index in [-0.39, 0.29) is 0 Å². The number of rotatable bonds is 2. The van der Waals surface area contributed by atoms with Crippen molar-refractivity contribution < 1.29 is 4.52 Å². The molecule has 0 aliphatic heterocycles. The van der Waals surface area contributed by atoms with Crippen molar-refractivity contribution in [1.29, 1.82) is 0 Å². The van der Waals surface area contributed by atoms with Gasteiger partial charge in [-0.2, -0.15) is 4.98 Å². The summed E-state index contributed by atoms with van der Waals surface area (Å²) in [5, 5.41) is 3.57. The molecule has 0 aliphatic rings. The maximum Gasteiger partial charge on any atom is 0.234 e. The molecule has 9 heavy (non-hydrogen) atoms. The van der Waals surface area contributed by atoms with Crippen molar-refractivity contribution in [3.05, 3.63) is 30.8 Å². The van der Waals surface area contributed by atoms with E-state index in [4.69, 9.17) is 4.52 Å². The standard InChI is InChI=1S/C6H7N2O/c1-3-4-6-7-5(2)8-9-6/h3-4H,1H2,2H3. The van der Waals surface area contributed by atoms with Crippen LogP contribution >= 0.6 is 0 Å². The van der Waals surface area contributed by atoms with Gasteiger partial charge in [-0.3, -0.25) is 0 Å². The molecule has 47 valence electrons. The highest BCUT2D eigenvalue weighted by atomic mass is 16.5. The fraction of sp³-hybridized carbons (Fsp3) is 0.167. The molecule has 0 amide bonds. The Kier molecular flexibility index (Phi) is 1.63. The minimum atomic E-state index is 0.502. The SMILES string of the molecule is C=C[CH]c1nc(C)no1. The molecule has 0 saturated carbocycles. The maximum absolute atomic E-state index is 4.72. The van der Waals surface area contributed by atoms with Crippen molar-refractivity contribution in [1.82, 2.24) is 10.1 Å². The molecule has 0 saturated heterocycles. The van der Waals surface area contributed by atoms with E-state index in [0.29, 0.717) is 11.7 Å². The summed E-state index contributed by atoms with van der Waals surface area (Å²) in [6.45, 7) is 5.25. The van der Waals surface area contributed by atoms with E-state index >= 15 is 0 Å². The van der Waals surface area contributed by atoms with Gasteiger partial charge in [-0.1, -0.05) is 11.2 Å². The molecule has 0 bridgehead atoms. The molecular weight excluding hydrogens is 116 g/mol. The second kappa shape index (κ2) is 2.44. The van der Waals surface area contributed by atoms with Crippen molar-refractivity contribution in [2.24, 2.45) is 0 Å². The van der Waals surface area contributed by atoms with E-state index in [2.05, 4.69) is 16.7 Å². The Bertz CT molecular complexity index is 205. The first-order valence-electron chi connectivity index (χ1n) is 2.59. The topological polar surface area (TPSA) is 38.9 Å². The van der Waals surface area contributed by atoms with Gasteiger partial charge in [0.05, 0.1) is 6.42 Å². The average Bonchev–Trinajstić information content (AvgIpc) is 2.17. The van der Waals surface area contributed by atoms with Crippen molar-refractivity contribution in [3.8, 4) is 0 Å². The number of nitrogens with zero attached hydrogens (tertiary/aromatic N) is 2. The molecule has 0 spiro atoms. The van der Waals surface area contributed by atoms with Crippen LogP contribution in [-0.2, 0) is 0 Å². The molecule has 0 aromatic carbocycles. The summed E-state index contributed by atoms with van der Waals surface area (Å²) in [5.74, 6) is 1.14. The summed E-state index contributed by atoms with van der Waals surface area (Å²) in [7, 11) is 0. The van der Waals surface area contributed by atoms with Gasteiger partial charge in [0.1, 0.15) is 0 Å². The lowest BCUT2D eigenvalue weighted by molar-refractivity contribution is 0.396. The zero-order valence-corrected chi connectivity index (χ0v) is 5.16. The van der Waals surface area contributed by atoms with Crippen LogP contribution in [0.4, 0.5) is 0 Å². The average molecular weight is 123 g/mol. The van der Waals surface area contributed by atoms with Gasteiger partial charge in [-0.25, -0.2) is 0 Å². The first-order valence-corrected chi connectivity index (χ1v) is 2.59. The molecule has 0 N–H and O–H groups in total. The maximum atomic E-state index is 4.72. The number of allylic oxidation sites excluding steroid dienone is 1. The van der Waals surface area contributed by atoms with Crippen molar-refractivity contribution >= 4 is 0 Å². The number of aromatic nitrogens is 2. The first kappa shape index (κ1) is 6.01. The second-order valence-corrected chi connectivity index (χ2v) is 1.58. The molecule has 0 atom stereocenters. The van der Waals surface area contributed by atoms with E-state index in [1.54, 1.807) is 19.4 Å². The molecule has 1 aromatic rings. The minimum absolute atomic E-state index is 0.502. The Balaban J connectivity index is 2.72. The van der Waals surface area contributed by atoms with Crippen LogP contribution in [-0.4, -0.2) is 10.1 Å². The van der Waals surface area contributed by atoms with E-state index < -0.39 is 0 Å². The number of hydrogen-bond acceptors (Lipinski definition) is 3. The Morgan fingerprint density at radius 2 is 2.44 bits per heavy atom. The van der Waals surface area contributed by atoms with Gasteiger partial charge in [0.15, 0.2) is 5.82 Å². The van der Waals surface area contributed by atoms with Crippen molar-refractivity contribution in [2.45, 2.75) is 6.92 Å². The number of hydrogen-bond donors (Lipinski definition) is 0. The highest BCUT2D eigenvalue weighted by molar-refractivity contribution is 5.06. The second-order valence-electron chi connectivity index (χ2n) is 1.58. The van der Waals surface area contributed by atoms with Crippen LogP contribution in [0.15, 0.2) is 17.2 Å². The van der Waals surface area contributed by atoms with Gasteiger partial charge in [-0.15, -0.1) is 6.58 Å². The molecular formula is C6H7N2O. The quantitative estimate of drug-likeness (QED) is 0.591. The molecule has 1 radical (unpaired) electrons. The van der Waals surface area contributed by atoms with Gasteiger partial charge in [0.2, 0.25) is 5.89 Å². The molecule has 1 rings (SSSR count). The summed E-state index contributed by atoms with van der Waals surface area (Å²) in [4.78, 5) is 3.90. The molecule has 3 heteroatoms. The zero-order chi connectivity index (χ0) is 6.69. The Morgan fingerprint density at radius 1 is 1.67 bits per heavy atom. The third kappa shape index (κ3) is 1.38. The van der Waals surface area contributed by atoms with Crippen molar-refractivity contribution in [2.75, 3.05) is 0 Å². The van der Waals surface area contributed by atoms with Crippen LogP contribution in [0.25, 0.3) is 0 Å². The van der Waals surface area contributed by atoms with Crippen LogP contribution in [0.2, 0.25) is 0 Å². The van der Waals surface area contributed by atoms with Crippen LogP contribution in [0.1, 0.15) is 11.7 Å². The van der Waals surface area contributed by atoms with Crippen LogP contribution in [0, 0.1) is 13.3 Å². The Morgan fingerprint density at radius 3 is 2.89 bits per heavy atom.